The Bertz CT molecular complexity index is 1070. The molecule has 0 spiro atoms. The van der Waals surface area contributed by atoms with E-state index in [-0.39, 0.29) is 29.2 Å². The highest BCUT2D eigenvalue weighted by atomic mass is 32.2. The number of piperidine rings is 1. The van der Waals surface area contributed by atoms with Crippen molar-refractivity contribution in [1.82, 2.24) is 28.7 Å². The second-order valence-corrected chi connectivity index (χ2v) is 12.2. The second-order valence-electron chi connectivity index (χ2n) is 10.1. The van der Waals surface area contributed by atoms with E-state index in [1.807, 2.05) is 27.2 Å². The van der Waals surface area contributed by atoms with Gasteiger partial charge in [0.05, 0.1) is 23.3 Å². The van der Waals surface area contributed by atoms with E-state index in [0.717, 1.165) is 35.6 Å². The monoisotopic (exact) mass is 477 g/mol. The number of rotatable bonds is 8. The van der Waals surface area contributed by atoms with Crippen LogP contribution in [0.1, 0.15) is 70.3 Å². The summed E-state index contributed by atoms with van der Waals surface area (Å²) in [6, 6.07) is 0.227. The topological polar surface area (TPSA) is 110 Å². The number of nitrogens with zero attached hydrogens (tertiary/aromatic N) is 6. The first-order valence-corrected chi connectivity index (χ1v) is 13.3. The average molecular weight is 478 g/mol. The van der Waals surface area contributed by atoms with Gasteiger partial charge < -0.3 is 15.2 Å². The first-order valence-electron chi connectivity index (χ1n) is 11.7. The van der Waals surface area contributed by atoms with Crippen molar-refractivity contribution in [3.8, 4) is 11.4 Å². The highest BCUT2D eigenvalue weighted by molar-refractivity contribution is 7.89. The molecule has 1 fully saturated rings. The largest absolute Gasteiger partial charge is 0.368 e. The van der Waals surface area contributed by atoms with Crippen molar-refractivity contribution < 1.29 is 8.42 Å². The Morgan fingerprint density at radius 3 is 2.39 bits per heavy atom. The molecule has 184 valence electrons. The number of hydrogen-bond donors (Lipinski definition) is 1. The number of aromatic nitrogens is 4. The predicted octanol–water partition coefficient (Wildman–Crippen LogP) is 3.05. The summed E-state index contributed by atoms with van der Waals surface area (Å²) in [4.78, 5) is 15.4. The molecule has 3 heterocycles. The third-order valence-corrected chi connectivity index (χ3v) is 8.92. The molecule has 1 aliphatic heterocycles. The number of aryl methyl sites for hydroxylation is 1. The molecule has 1 saturated heterocycles. The standard InChI is InChI=1S/C23H39N7O2S/c1-16(2)30-17(3)25-15-20(30)21-19(14-26-22(24)27-21)18-8-11-29(12-9-18)33(31,32)13-10-23(4,5)28(6)7/h14-16,18H,8-13H2,1-7H3,(H2,24,26,27). The Morgan fingerprint density at radius 1 is 1.18 bits per heavy atom. The van der Waals surface area contributed by atoms with Crippen molar-refractivity contribution in [3.63, 3.8) is 0 Å². The first-order chi connectivity index (χ1) is 15.3. The van der Waals surface area contributed by atoms with E-state index in [1.165, 1.54) is 0 Å². The van der Waals surface area contributed by atoms with Gasteiger partial charge in [0.15, 0.2) is 0 Å². The van der Waals surface area contributed by atoms with Crippen molar-refractivity contribution in [2.24, 2.45) is 0 Å². The minimum Gasteiger partial charge on any atom is -0.368 e. The van der Waals surface area contributed by atoms with E-state index in [0.29, 0.717) is 19.5 Å². The molecule has 9 nitrogen and oxygen atoms in total. The number of hydrogen-bond acceptors (Lipinski definition) is 7. The molecule has 2 aromatic heterocycles. The molecule has 0 saturated carbocycles. The van der Waals surface area contributed by atoms with Crippen LogP contribution in [-0.2, 0) is 10.0 Å². The zero-order valence-electron chi connectivity index (χ0n) is 21.0. The zero-order chi connectivity index (χ0) is 24.6. The summed E-state index contributed by atoms with van der Waals surface area (Å²) in [5, 5.41) is 0. The molecule has 0 unspecified atom stereocenters. The lowest BCUT2D eigenvalue weighted by Gasteiger charge is -2.35. The molecular formula is C23H39N7O2S. The van der Waals surface area contributed by atoms with Gasteiger partial charge in [-0.05, 0) is 73.9 Å². The molecular weight excluding hydrogens is 438 g/mol. The number of imidazole rings is 1. The van der Waals surface area contributed by atoms with Crippen molar-refractivity contribution in [2.75, 3.05) is 38.7 Å². The lowest BCUT2D eigenvalue weighted by molar-refractivity contribution is 0.189. The fourth-order valence-electron chi connectivity index (χ4n) is 4.37. The zero-order valence-corrected chi connectivity index (χ0v) is 21.9. The van der Waals surface area contributed by atoms with Crippen LogP contribution in [0, 0.1) is 6.92 Å². The third kappa shape index (κ3) is 5.55. The van der Waals surface area contributed by atoms with Gasteiger partial charge in [0.2, 0.25) is 16.0 Å². The fraction of sp³-hybridized carbons (Fsp3) is 0.696. The molecule has 1 aliphatic rings. The lowest BCUT2D eigenvalue weighted by Crippen LogP contribution is -2.43. The van der Waals surface area contributed by atoms with Gasteiger partial charge in [0, 0.05) is 36.4 Å². The van der Waals surface area contributed by atoms with Crippen molar-refractivity contribution in [3.05, 3.63) is 23.8 Å². The summed E-state index contributed by atoms with van der Waals surface area (Å²) < 4.78 is 29.8. The predicted molar refractivity (Wildman–Crippen MR) is 133 cm³/mol. The van der Waals surface area contributed by atoms with Gasteiger partial charge in [-0.3, -0.25) is 0 Å². The van der Waals surface area contributed by atoms with Gasteiger partial charge in [-0.15, -0.1) is 0 Å². The normalized spacial score (nSPS) is 16.8. The summed E-state index contributed by atoms with van der Waals surface area (Å²) in [5.41, 5.74) is 8.52. The van der Waals surface area contributed by atoms with E-state index in [2.05, 4.69) is 52.1 Å². The molecule has 0 aliphatic carbocycles. The van der Waals surface area contributed by atoms with Gasteiger partial charge in [-0.2, -0.15) is 0 Å². The van der Waals surface area contributed by atoms with E-state index in [1.54, 1.807) is 10.5 Å². The molecule has 2 aromatic rings. The van der Waals surface area contributed by atoms with Crippen LogP contribution in [0.15, 0.2) is 12.4 Å². The second kappa shape index (κ2) is 9.68. The van der Waals surface area contributed by atoms with E-state index in [4.69, 9.17) is 5.73 Å². The molecule has 0 bridgehead atoms. The Hall–Kier alpha value is -2.04. The number of anilines is 1. The molecule has 33 heavy (non-hydrogen) atoms. The SMILES string of the molecule is Cc1ncc(-c2nc(N)ncc2C2CCN(S(=O)(=O)CCC(C)(C)N(C)C)CC2)n1C(C)C. The Labute approximate surface area is 198 Å². The number of nitrogen functional groups attached to an aromatic ring is 1. The first kappa shape index (κ1) is 25.6. The third-order valence-electron chi connectivity index (χ3n) is 7.05. The Kier molecular flexibility index (Phi) is 7.50. The van der Waals surface area contributed by atoms with Crippen LogP contribution in [0.2, 0.25) is 0 Å². The molecule has 0 amide bonds. The molecule has 0 aromatic carbocycles. The van der Waals surface area contributed by atoms with Crippen molar-refractivity contribution in [2.45, 2.75) is 71.4 Å². The van der Waals surface area contributed by atoms with Crippen LogP contribution < -0.4 is 5.73 Å². The van der Waals surface area contributed by atoms with E-state index in [9.17, 15) is 8.42 Å². The Balaban J connectivity index is 1.78. The van der Waals surface area contributed by atoms with Crippen molar-refractivity contribution in [1.29, 1.82) is 0 Å². The maximum absolute atomic E-state index is 13.0. The quantitative estimate of drug-likeness (QED) is 0.622. The fourth-order valence-corrected chi connectivity index (χ4v) is 6.15. The highest BCUT2D eigenvalue weighted by Crippen LogP contribution is 2.36. The minimum absolute atomic E-state index is 0.159. The minimum atomic E-state index is -3.30. The summed E-state index contributed by atoms with van der Waals surface area (Å²) in [6.07, 6.45) is 5.69. The van der Waals surface area contributed by atoms with Crippen LogP contribution in [0.25, 0.3) is 11.4 Å². The van der Waals surface area contributed by atoms with Crippen LogP contribution in [-0.4, -0.2) is 75.6 Å². The van der Waals surface area contributed by atoms with Crippen molar-refractivity contribution >= 4 is 16.0 Å². The maximum atomic E-state index is 13.0. The van der Waals surface area contributed by atoms with Gasteiger partial charge in [0.1, 0.15) is 5.82 Å². The lowest BCUT2D eigenvalue weighted by atomic mass is 9.89. The molecule has 3 rings (SSSR count). The maximum Gasteiger partial charge on any atom is 0.220 e. The summed E-state index contributed by atoms with van der Waals surface area (Å²) in [6.45, 7) is 11.4. The summed E-state index contributed by atoms with van der Waals surface area (Å²) in [7, 11) is 0.669. The van der Waals surface area contributed by atoms with Crippen LogP contribution in [0.3, 0.4) is 0 Å². The van der Waals surface area contributed by atoms with E-state index < -0.39 is 10.0 Å². The highest BCUT2D eigenvalue weighted by Gasteiger charge is 2.32. The van der Waals surface area contributed by atoms with Crippen LogP contribution in [0.4, 0.5) is 5.95 Å². The Morgan fingerprint density at radius 2 is 1.82 bits per heavy atom. The number of sulfonamides is 1. The average Bonchev–Trinajstić information content (AvgIpc) is 3.14. The van der Waals surface area contributed by atoms with Crippen LogP contribution in [0.5, 0.6) is 0 Å². The van der Waals surface area contributed by atoms with Gasteiger partial charge in [-0.25, -0.2) is 27.7 Å². The number of nitrogens with two attached hydrogens (primary N) is 1. The molecule has 0 atom stereocenters. The summed E-state index contributed by atoms with van der Waals surface area (Å²) >= 11 is 0. The van der Waals surface area contributed by atoms with Gasteiger partial charge in [0.25, 0.3) is 0 Å². The summed E-state index contributed by atoms with van der Waals surface area (Å²) in [5.74, 6) is 1.48. The molecule has 2 N–H and O–H groups in total. The molecule has 0 radical (unpaired) electrons. The van der Waals surface area contributed by atoms with Crippen LogP contribution >= 0.6 is 0 Å². The van der Waals surface area contributed by atoms with Gasteiger partial charge in [-0.1, -0.05) is 0 Å². The van der Waals surface area contributed by atoms with E-state index >= 15 is 0 Å². The molecule has 10 heteroatoms. The van der Waals surface area contributed by atoms with Gasteiger partial charge >= 0.3 is 0 Å². The smallest absolute Gasteiger partial charge is 0.220 e.